The maximum Gasteiger partial charge on any atom is 0.0528 e. The molecule has 2 N–H and O–H groups in total. The van der Waals surface area contributed by atoms with Gasteiger partial charge in [0, 0.05) is 19.5 Å². The molecule has 3 rings (SSSR count). The summed E-state index contributed by atoms with van der Waals surface area (Å²) in [5.41, 5.74) is 7.82. The van der Waals surface area contributed by atoms with Crippen molar-refractivity contribution >= 4 is 39.0 Å². The van der Waals surface area contributed by atoms with Gasteiger partial charge in [-0.05, 0) is 45.4 Å². The van der Waals surface area contributed by atoms with E-state index in [1.165, 1.54) is 15.3 Å². The van der Waals surface area contributed by atoms with Crippen molar-refractivity contribution in [3.05, 3.63) is 50.6 Å². The van der Waals surface area contributed by atoms with E-state index in [1.54, 1.807) is 11.3 Å². The van der Waals surface area contributed by atoms with Crippen LogP contribution >= 0.6 is 39.0 Å². The van der Waals surface area contributed by atoms with Gasteiger partial charge in [-0.15, -0.1) is 23.1 Å². The van der Waals surface area contributed by atoms with Crippen LogP contribution < -0.4 is 5.73 Å². The number of thioether (sulfide) groups is 1. The minimum atomic E-state index is 0.113. The molecule has 0 spiro atoms. The lowest BCUT2D eigenvalue weighted by molar-refractivity contribution is 0.687. The first kappa shape index (κ1) is 11.8. The molecule has 0 fully saturated rings. The van der Waals surface area contributed by atoms with Gasteiger partial charge < -0.3 is 5.73 Å². The van der Waals surface area contributed by atoms with Crippen LogP contribution in [0, 0.1) is 0 Å². The van der Waals surface area contributed by atoms with E-state index in [2.05, 4.69) is 51.6 Å². The standard InChI is InChI=1S/C13H12BrNS2/c14-9-5-6-16-13(9)12(15)11-7-8-3-1-2-4-10(8)17-11/h1-6,11-12H,7,15H2. The zero-order chi connectivity index (χ0) is 11.8. The van der Waals surface area contributed by atoms with Gasteiger partial charge in [0.25, 0.3) is 0 Å². The largest absolute Gasteiger partial charge is 0.322 e. The fraction of sp³-hybridized carbons (Fsp3) is 0.231. The Morgan fingerprint density at radius 3 is 2.82 bits per heavy atom. The van der Waals surface area contributed by atoms with Gasteiger partial charge in [0.2, 0.25) is 0 Å². The van der Waals surface area contributed by atoms with Crippen LogP contribution in [-0.4, -0.2) is 5.25 Å². The Kier molecular flexibility index (Phi) is 3.30. The van der Waals surface area contributed by atoms with Crippen LogP contribution in [0.4, 0.5) is 0 Å². The minimum Gasteiger partial charge on any atom is -0.322 e. The highest BCUT2D eigenvalue weighted by molar-refractivity contribution is 9.10. The van der Waals surface area contributed by atoms with Gasteiger partial charge in [0.15, 0.2) is 0 Å². The number of hydrogen-bond acceptors (Lipinski definition) is 3. The number of thiophene rings is 1. The van der Waals surface area contributed by atoms with E-state index in [9.17, 15) is 0 Å². The molecule has 1 nitrogen and oxygen atoms in total. The quantitative estimate of drug-likeness (QED) is 0.894. The van der Waals surface area contributed by atoms with E-state index >= 15 is 0 Å². The Morgan fingerprint density at radius 2 is 2.12 bits per heavy atom. The van der Waals surface area contributed by atoms with Crippen LogP contribution in [0.1, 0.15) is 16.5 Å². The van der Waals surface area contributed by atoms with Gasteiger partial charge in [-0.25, -0.2) is 0 Å². The first-order chi connectivity index (χ1) is 8.25. The summed E-state index contributed by atoms with van der Waals surface area (Å²) in [4.78, 5) is 2.65. The van der Waals surface area contributed by atoms with Crippen molar-refractivity contribution in [2.45, 2.75) is 22.6 Å². The molecule has 2 aromatic rings. The molecule has 0 saturated heterocycles. The van der Waals surface area contributed by atoms with Crippen molar-refractivity contribution in [2.24, 2.45) is 5.73 Å². The SMILES string of the molecule is NC(c1sccc1Br)C1Cc2ccccc2S1. The number of benzene rings is 1. The van der Waals surface area contributed by atoms with Crippen LogP contribution in [-0.2, 0) is 6.42 Å². The summed E-state index contributed by atoms with van der Waals surface area (Å²) in [7, 11) is 0. The van der Waals surface area contributed by atoms with E-state index in [4.69, 9.17) is 5.73 Å². The molecule has 0 amide bonds. The molecule has 2 heterocycles. The number of nitrogens with two attached hydrogens (primary N) is 1. The van der Waals surface area contributed by atoms with Crippen LogP contribution in [0.3, 0.4) is 0 Å². The van der Waals surface area contributed by atoms with Gasteiger partial charge in [-0.3, -0.25) is 0 Å². The zero-order valence-electron chi connectivity index (χ0n) is 9.10. The lowest BCUT2D eigenvalue weighted by Crippen LogP contribution is -2.22. The zero-order valence-corrected chi connectivity index (χ0v) is 12.3. The average Bonchev–Trinajstić information content (AvgIpc) is 2.93. The summed E-state index contributed by atoms with van der Waals surface area (Å²) in [5.74, 6) is 0. The van der Waals surface area contributed by atoms with Gasteiger partial charge in [-0.1, -0.05) is 18.2 Å². The number of rotatable bonds is 2. The number of fused-ring (bicyclic) bond motifs is 1. The van der Waals surface area contributed by atoms with Crippen LogP contribution in [0.5, 0.6) is 0 Å². The Hall–Kier alpha value is -0.290. The van der Waals surface area contributed by atoms with Crippen LogP contribution in [0.25, 0.3) is 0 Å². The van der Waals surface area contributed by atoms with Crippen molar-refractivity contribution in [2.75, 3.05) is 0 Å². The monoisotopic (exact) mass is 325 g/mol. The molecular weight excluding hydrogens is 314 g/mol. The van der Waals surface area contributed by atoms with Crippen molar-refractivity contribution in [1.29, 1.82) is 0 Å². The Bertz CT molecular complexity index is 513. The van der Waals surface area contributed by atoms with Gasteiger partial charge >= 0.3 is 0 Å². The predicted molar refractivity (Wildman–Crippen MR) is 78.7 cm³/mol. The molecule has 4 heteroatoms. The highest BCUT2D eigenvalue weighted by atomic mass is 79.9. The number of hydrogen-bond donors (Lipinski definition) is 1. The smallest absolute Gasteiger partial charge is 0.0528 e. The predicted octanol–water partition coefficient (Wildman–Crippen LogP) is 4.23. The van der Waals surface area contributed by atoms with E-state index in [0.717, 1.165) is 10.9 Å². The molecule has 0 saturated carbocycles. The molecule has 0 radical (unpaired) electrons. The summed E-state index contributed by atoms with van der Waals surface area (Å²) in [5, 5.41) is 2.55. The summed E-state index contributed by atoms with van der Waals surface area (Å²) in [6.07, 6.45) is 1.08. The highest BCUT2D eigenvalue weighted by Gasteiger charge is 2.29. The molecule has 0 bridgehead atoms. The third kappa shape index (κ3) is 2.19. The first-order valence-corrected chi connectivity index (χ1v) is 8.04. The molecule has 1 aliphatic rings. The van der Waals surface area contributed by atoms with E-state index in [0.29, 0.717) is 5.25 Å². The summed E-state index contributed by atoms with van der Waals surface area (Å²) >= 11 is 7.22. The topological polar surface area (TPSA) is 26.0 Å². The fourth-order valence-electron chi connectivity index (χ4n) is 2.12. The fourth-order valence-corrected chi connectivity index (χ4v) is 5.24. The molecule has 2 atom stereocenters. The molecule has 1 aromatic heterocycles. The van der Waals surface area contributed by atoms with Gasteiger partial charge in [0.1, 0.15) is 0 Å². The van der Waals surface area contributed by atoms with E-state index in [-0.39, 0.29) is 6.04 Å². The van der Waals surface area contributed by atoms with Crippen LogP contribution in [0.15, 0.2) is 45.1 Å². The van der Waals surface area contributed by atoms with E-state index < -0.39 is 0 Å². The van der Waals surface area contributed by atoms with Crippen molar-refractivity contribution in [3.63, 3.8) is 0 Å². The Labute approximate surface area is 118 Å². The minimum absolute atomic E-state index is 0.113. The van der Waals surface area contributed by atoms with Crippen molar-refractivity contribution in [1.82, 2.24) is 0 Å². The maximum absolute atomic E-state index is 6.38. The van der Waals surface area contributed by atoms with Crippen LogP contribution in [0.2, 0.25) is 0 Å². The third-order valence-corrected chi connectivity index (χ3v) is 6.41. The molecule has 0 aliphatic carbocycles. The Balaban J connectivity index is 1.83. The maximum atomic E-state index is 6.38. The molecule has 88 valence electrons. The Morgan fingerprint density at radius 1 is 1.29 bits per heavy atom. The summed E-state index contributed by atoms with van der Waals surface area (Å²) in [6, 6.07) is 10.8. The number of halogens is 1. The van der Waals surface area contributed by atoms with E-state index in [1.807, 2.05) is 11.8 Å². The lowest BCUT2D eigenvalue weighted by Gasteiger charge is -2.17. The second-order valence-corrected chi connectivity index (χ2v) is 7.21. The second kappa shape index (κ2) is 4.76. The first-order valence-electron chi connectivity index (χ1n) is 5.49. The normalized spacial score (nSPS) is 20.2. The average molecular weight is 326 g/mol. The molecule has 17 heavy (non-hydrogen) atoms. The highest BCUT2D eigenvalue weighted by Crippen LogP contribution is 2.43. The lowest BCUT2D eigenvalue weighted by atomic mass is 10.0. The molecule has 1 aromatic carbocycles. The second-order valence-electron chi connectivity index (χ2n) is 4.13. The summed E-state index contributed by atoms with van der Waals surface area (Å²) in [6.45, 7) is 0. The molecular formula is C13H12BrNS2. The van der Waals surface area contributed by atoms with Gasteiger partial charge in [-0.2, -0.15) is 0 Å². The third-order valence-electron chi connectivity index (χ3n) is 3.02. The van der Waals surface area contributed by atoms with Crippen molar-refractivity contribution < 1.29 is 0 Å². The van der Waals surface area contributed by atoms with Gasteiger partial charge in [0.05, 0.1) is 6.04 Å². The molecule has 1 aliphatic heterocycles. The van der Waals surface area contributed by atoms with Crippen molar-refractivity contribution in [3.8, 4) is 0 Å². The molecule has 2 unspecified atom stereocenters. The summed E-state index contributed by atoms with van der Waals surface area (Å²) < 4.78 is 1.14.